The molecular formula is C22H30ClN2O2SeSi. The maximum absolute atomic E-state index is 13.1. The van der Waals surface area contributed by atoms with Crippen LogP contribution in [-0.2, 0) is 9.22 Å². The topological polar surface area (TPSA) is 41.9 Å². The molecule has 7 heteroatoms. The third-order valence-electron chi connectivity index (χ3n) is 5.91. The molecule has 157 valence electrons. The molecule has 1 saturated heterocycles. The monoisotopic (exact) mass is 497 g/mol. The van der Waals surface area contributed by atoms with E-state index in [-0.39, 0.29) is 29.0 Å². The summed E-state index contributed by atoms with van der Waals surface area (Å²) in [6, 6.07) is 7.00. The fraction of sp³-hybridized carbons (Fsp3) is 0.500. The van der Waals surface area contributed by atoms with Gasteiger partial charge in [-0.1, -0.05) is 0 Å². The van der Waals surface area contributed by atoms with Crippen LogP contribution in [0.3, 0.4) is 0 Å². The summed E-state index contributed by atoms with van der Waals surface area (Å²) in [5.41, 5.74) is 4.59. The fourth-order valence-electron chi connectivity index (χ4n) is 3.14. The number of likely N-dealkylation sites (tertiary alicyclic amines) is 1. The third-order valence-corrected chi connectivity index (χ3v) is 11.3. The second-order valence-corrected chi connectivity index (χ2v) is 15.0. The van der Waals surface area contributed by atoms with Gasteiger partial charge in [0.2, 0.25) is 0 Å². The number of aliphatic imine (C=N–C) groups is 1. The van der Waals surface area contributed by atoms with Crippen LogP contribution in [0, 0.1) is 5.92 Å². The molecule has 1 fully saturated rings. The number of rotatable bonds is 5. The molecule has 2 rings (SSSR count). The Morgan fingerprint density at radius 3 is 2.38 bits per heavy atom. The molecular weight excluding hydrogens is 467 g/mol. The minimum absolute atomic E-state index is 0.00210. The van der Waals surface area contributed by atoms with E-state index < -0.39 is 8.32 Å². The van der Waals surface area contributed by atoms with E-state index in [1.165, 1.54) is 0 Å². The first kappa shape index (κ1) is 24.1. The molecule has 1 amide bonds. The molecule has 0 saturated carbocycles. The number of benzene rings is 1. The summed E-state index contributed by atoms with van der Waals surface area (Å²) >= 11 is 8.89. The average molecular weight is 497 g/mol. The van der Waals surface area contributed by atoms with Gasteiger partial charge in [-0.15, -0.1) is 0 Å². The molecule has 1 aliphatic heterocycles. The van der Waals surface area contributed by atoms with Gasteiger partial charge in [0.1, 0.15) is 0 Å². The van der Waals surface area contributed by atoms with Crippen molar-refractivity contribution in [2.75, 3.05) is 0 Å². The number of nitrogens with zero attached hydrogens (tertiary/aromatic N) is 2. The van der Waals surface area contributed by atoms with Gasteiger partial charge in [-0.3, -0.25) is 0 Å². The van der Waals surface area contributed by atoms with E-state index >= 15 is 0 Å². The van der Waals surface area contributed by atoms with Gasteiger partial charge in [0.05, 0.1) is 0 Å². The number of carbonyl (C=O) groups is 1. The summed E-state index contributed by atoms with van der Waals surface area (Å²) in [7, 11) is -2.00. The van der Waals surface area contributed by atoms with Crippen LogP contribution in [-0.4, -0.2) is 52.0 Å². The Morgan fingerprint density at radius 1 is 1.34 bits per heavy atom. The number of carbonyl (C=O) groups excluding carboxylic acids is 1. The molecule has 0 spiro atoms. The zero-order valence-corrected chi connectivity index (χ0v) is 21.7. The van der Waals surface area contributed by atoms with Gasteiger partial charge in [0.15, 0.2) is 0 Å². The van der Waals surface area contributed by atoms with Gasteiger partial charge >= 0.3 is 189 Å². The molecule has 4 nitrogen and oxygen atoms in total. The van der Waals surface area contributed by atoms with E-state index in [9.17, 15) is 4.79 Å². The Balaban J connectivity index is 2.30. The average Bonchev–Trinajstić information content (AvgIpc) is 2.59. The van der Waals surface area contributed by atoms with Crippen molar-refractivity contribution >= 4 is 52.3 Å². The van der Waals surface area contributed by atoms with Gasteiger partial charge in [-0.05, 0) is 0 Å². The second-order valence-electron chi connectivity index (χ2n) is 8.99. The summed E-state index contributed by atoms with van der Waals surface area (Å²) in [4.78, 5) is 19.4. The van der Waals surface area contributed by atoms with Gasteiger partial charge < -0.3 is 0 Å². The second kappa shape index (κ2) is 8.93. The van der Waals surface area contributed by atoms with Crippen LogP contribution in [0.5, 0.6) is 0 Å². The van der Waals surface area contributed by atoms with Crippen molar-refractivity contribution in [3.8, 4) is 0 Å². The molecule has 1 aliphatic rings. The third kappa shape index (κ3) is 5.14. The van der Waals surface area contributed by atoms with Crippen LogP contribution in [0.25, 0.3) is 0 Å². The molecule has 0 bridgehead atoms. The number of amidine groups is 1. The van der Waals surface area contributed by atoms with Crippen molar-refractivity contribution in [3.05, 3.63) is 47.2 Å². The van der Waals surface area contributed by atoms with Crippen molar-refractivity contribution < 1.29 is 9.22 Å². The summed E-state index contributed by atoms with van der Waals surface area (Å²) in [6.45, 7) is 18.7. The molecule has 1 heterocycles. The summed E-state index contributed by atoms with van der Waals surface area (Å²) < 4.78 is 7.05. The van der Waals surface area contributed by atoms with Crippen LogP contribution in [0.1, 0.15) is 34.6 Å². The summed E-state index contributed by atoms with van der Waals surface area (Å²) in [6.07, 6.45) is -0.198. The molecule has 0 aliphatic carbocycles. The maximum atomic E-state index is 13.1. The Kier molecular flexibility index (Phi) is 7.43. The van der Waals surface area contributed by atoms with E-state index in [4.69, 9.17) is 16.0 Å². The van der Waals surface area contributed by atoms with Crippen LogP contribution in [0.2, 0.25) is 23.2 Å². The molecule has 0 unspecified atom stereocenters. The molecule has 1 aromatic carbocycles. The number of β-lactam (4-membered cyclic amide) rings is 1. The SMILES string of the molecule is C=C=C(C)[C@@H]1[C@@H]([C@@H](C)O[Si](C)(C)C(C)(C)C)C(=O)N1C([Se])=Nc1ccc(Cl)cc1. The Labute approximate surface area is 189 Å². The first-order valence-corrected chi connectivity index (χ1v) is 13.8. The Hall–Kier alpha value is -1.13. The molecule has 29 heavy (non-hydrogen) atoms. The Morgan fingerprint density at radius 2 is 1.90 bits per heavy atom. The summed E-state index contributed by atoms with van der Waals surface area (Å²) in [5.74, 6) is -0.274. The zero-order chi connectivity index (χ0) is 22.1. The molecule has 3 atom stereocenters. The van der Waals surface area contributed by atoms with Crippen molar-refractivity contribution in [1.29, 1.82) is 0 Å². The van der Waals surface area contributed by atoms with Crippen LogP contribution >= 0.6 is 11.6 Å². The number of halogens is 1. The molecule has 1 radical (unpaired) electrons. The van der Waals surface area contributed by atoms with Gasteiger partial charge in [0, 0.05) is 0 Å². The number of amides is 1. The predicted molar refractivity (Wildman–Crippen MR) is 124 cm³/mol. The van der Waals surface area contributed by atoms with E-state index in [2.05, 4.69) is 67.2 Å². The van der Waals surface area contributed by atoms with Crippen LogP contribution < -0.4 is 0 Å². The van der Waals surface area contributed by atoms with Crippen molar-refractivity contribution in [2.24, 2.45) is 10.9 Å². The van der Waals surface area contributed by atoms with E-state index in [0.717, 1.165) is 11.3 Å². The Bertz CT molecular complexity index is 855. The first-order chi connectivity index (χ1) is 13.3. The quantitative estimate of drug-likeness (QED) is 0.178. The standard InChI is InChI=1S/C22H30ClN2O2SeSi/c1-9-14(2)19-18(15(3)27-29(7,8)22(4,5)6)20(26)25(19)21(28)24-17-12-10-16(23)11-13-17/h10-13,15,18-19H,1H2,2-8H3/t15-,18-,19-/m1/s1. The zero-order valence-electron chi connectivity index (χ0n) is 18.2. The molecule has 0 aromatic heterocycles. The van der Waals surface area contributed by atoms with Crippen molar-refractivity contribution in [1.82, 2.24) is 4.90 Å². The van der Waals surface area contributed by atoms with Gasteiger partial charge in [-0.2, -0.15) is 0 Å². The first-order valence-electron chi connectivity index (χ1n) is 9.69. The van der Waals surface area contributed by atoms with Crippen LogP contribution in [0.4, 0.5) is 5.69 Å². The number of hydrogen-bond acceptors (Lipinski definition) is 3. The van der Waals surface area contributed by atoms with E-state index in [1.54, 1.807) is 17.0 Å². The summed E-state index contributed by atoms with van der Waals surface area (Å²) in [5, 5.41) is 0.720. The van der Waals surface area contributed by atoms with E-state index in [0.29, 0.717) is 9.76 Å². The van der Waals surface area contributed by atoms with Crippen molar-refractivity contribution in [2.45, 2.75) is 64.9 Å². The predicted octanol–water partition coefficient (Wildman–Crippen LogP) is 5.46. The fourth-order valence-corrected chi connectivity index (χ4v) is 5.35. The minimum atomic E-state index is -2.00. The molecule has 0 N–H and O–H groups in total. The number of hydrogen-bond donors (Lipinski definition) is 0. The van der Waals surface area contributed by atoms with E-state index in [1.807, 2.05) is 26.0 Å². The van der Waals surface area contributed by atoms with Crippen molar-refractivity contribution in [3.63, 3.8) is 0 Å². The van der Waals surface area contributed by atoms with Crippen LogP contribution in [0.15, 0.2) is 47.1 Å². The molecule has 1 aromatic rings. The van der Waals surface area contributed by atoms with Gasteiger partial charge in [0.25, 0.3) is 0 Å². The van der Waals surface area contributed by atoms with Gasteiger partial charge in [-0.25, -0.2) is 0 Å². The normalized spacial score (nSPS) is 21.4.